The molecule has 2 rings (SSSR count). The standard InChI is InChI=1S/C12H15BrOS/c1-9(2)15-11-5-3-10(4-6-11)12(13)7-14-8-12/h3-6,9H,7-8H2,1-2H3. The van der Waals surface area contributed by atoms with Crippen molar-refractivity contribution in [1.29, 1.82) is 0 Å². The van der Waals surface area contributed by atoms with Crippen LogP contribution in [-0.4, -0.2) is 18.5 Å². The summed E-state index contributed by atoms with van der Waals surface area (Å²) in [5.74, 6) is 0. The number of ether oxygens (including phenoxy) is 1. The molecule has 0 bridgehead atoms. The van der Waals surface area contributed by atoms with Gasteiger partial charge in [0.15, 0.2) is 0 Å². The van der Waals surface area contributed by atoms with Crippen LogP contribution in [0.5, 0.6) is 0 Å². The number of thioether (sulfide) groups is 1. The Morgan fingerprint density at radius 2 is 1.87 bits per heavy atom. The predicted octanol–water partition coefficient (Wildman–Crippen LogP) is 3.81. The van der Waals surface area contributed by atoms with Crippen LogP contribution in [0.2, 0.25) is 0 Å². The molecule has 0 saturated carbocycles. The molecule has 0 aliphatic carbocycles. The van der Waals surface area contributed by atoms with Crippen LogP contribution in [0, 0.1) is 0 Å². The predicted molar refractivity (Wildman–Crippen MR) is 68.9 cm³/mol. The number of alkyl halides is 1. The summed E-state index contributed by atoms with van der Waals surface area (Å²) < 4.78 is 5.31. The first-order chi connectivity index (χ1) is 7.10. The second kappa shape index (κ2) is 4.48. The van der Waals surface area contributed by atoms with Gasteiger partial charge in [-0.3, -0.25) is 0 Å². The van der Waals surface area contributed by atoms with Crippen molar-refractivity contribution in [2.24, 2.45) is 0 Å². The zero-order valence-electron chi connectivity index (χ0n) is 9.00. The fourth-order valence-electron chi connectivity index (χ4n) is 1.55. The summed E-state index contributed by atoms with van der Waals surface area (Å²) in [5.41, 5.74) is 1.32. The van der Waals surface area contributed by atoms with Crippen LogP contribution in [-0.2, 0) is 9.06 Å². The first-order valence-electron chi connectivity index (χ1n) is 5.14. The van der Waals surface area contributed by atoms with Crippen LogP contribution in [0.3, 0.4) is 0 Å². The summed E-state index contributed by atoms with van der Waals surface area (Å²) in [5, 5.41) is 0.640. The van der Waals surface area contributed by atoms with Crippen molar-refractivity contribution in [2.75, 3.05) is 13.2 Å². The van der Waals surface area contributed by atoms with E-state index in [9.17, 15) is 0 Å². The second-order valence-electron chi connectivity index (χ2n) is 4.15. The van der Waals surface area contributed by atoms with Gasteiger partial charge in [0.25, 0.3) is 0 Å². The van der Waals surface area contributed by atoms with E-state index in [1.807, 2.05) is 11.8 Å². The molecule has 0 aromatic heterocycles. The molecule has 0 N–H and O–H groups in total. The Morgan fingerprint density at radius 3 is 2.27 bits per heavy atom. The number of benzene rings is 1. The van der Waals surface area contributed by atoms with Gasteiger partial charge >= 0.3 is 0 Å². The maximum absolute atomic E-state index is 5.23. The molecule has 3 heteroatoms. The van der Waals surface area contributed by atoms with Crippen molar-refractivity contribution in [3.8, 4) is 0 Å². The maximum atomic E-state index is 5.23. The van der Waals surface area contributed by atoms with Crippen molar-refractivity contribution in [2.45, 2.75) is 28.3 Å². The first-order valence-corrected chi connectivity index (χ1v) is 6.81. The maximum Gasteiger partial charge on any atom is 0.0971 e. The average molecular weight is 287 g/mol. The Kier molecular flexibility index (Phi) is 3.43. The molecule has 1 heterocycles. The fourth-order valence-corrected chi connectivity index (χ4v) is 2.98. The van der Waals surface area contributed by atoms with E-state index in [4.69, 9.17) is 4.74 Å². The quantitative estimate of drug-likeness (QED) is 0.617. The highest BCUT2D eigenvalue weighted by molar-refractivity contribution is 9.09. The lowest BCUT2D eigenvalue weighted by atomic mass is 9.98. The lowest BCUT2D eigenvalue weighted by Gasteiger charge is -2.36. The molecule has 1 nitrogen and oxygen atoms in total. The zero-order valence-corrected chi connectivity index (χ0v) is 11.4. The molecule has 0 spiro atoms. The van der Waals surface area contributed by atoms with Gasteiger partial charge < -0.3 is 4.74 Å². The number of rotatable bonds is 3. The van der Waals surface area contributed by atoms with Crippen molar-refractivity contribution < 1.29 is 4.74 Å². The van der Waals surface area contributed by atoms with Gasteiger partial charge in [0, 0.05) is 10.1 Å². The summed E-state index contributed by atoms with van der Waals surface area (Å²) in [4.78, 5) is 1.34. The van der Waals surface area contributed by atoms with Crippen molar-refractivity contribution in [3.63, 3.8) is 0 Å². The Labute approximate surface area is 104 Å². The molecule has 1 aromatic carbocycles. The van der Waals surface area contributed by atoms with E-state index in [2.05, 4.69) is 54.0 Å². The summed E-state index contributed by atoms with van der Waals surface area (Å²) >= 11 is 5.62. The van der Waals surface area contributed by atoms with Gasteiger partial charge in [-0.2, -0.15) is 0 Å². The van der Waals surface area contributed by atoms with Crippen LogP contribution in [0.1, 0.15) is 19.4 Å². The van der Waals surface area contributed by atoms with Crippen molar-refractivity contribution in [3.05, 3.63) is 29.8 Å². The third kappa shape index (κ3) is 2.58. The highest BCUT2D eigenvalue weighted by Gasteiger charge is 2.37. The molecule has 1 aliphatic rings. The molecule has 82 valence electrons. The first kappa shape index (κ1) is 11.5. The molecule has 0 atom stereocenters. The normalized spacial score (nSPS) is 18.9. The van der Waals surface area contributed by atoms with E-state index >= 15 is 0 Å². The van der Waals surface area contributed by atoms with Gasteiger partial charge in [-0.25, -0.2) is 0 Å². The Hall–Kier alpha value is 0.01000. The highest BCUT2D eigenvalue weighted by atomic mass is 79.9. The Balaban J connectivity index is 2.10. The van der Waals surface area contributed by atoms with Gasteiger partial charge in [-0.05, 0) is 17.7 Å². The highest BCUT2D eigenvalue weighted by Crippen LogP contribution is 2.39. The Bertz CT molecular complexity index is 330. The number of hydrogen-bond acceptors (Lipinski definition) is 2. The van der Waals surface area contributed by atoms with Crippen LogP contribution >= 0.6 is 27.7 Å². The minimum absolute atomic E-state index is 0.0774. The van der Waals surface area contributed by atoms with E-state index in [0.717, 1.165) is 13.2 Å². The Morgan fingerprint density at radius 1 is 1.27 bits per heavy atom. The third-order valence-electron chi connectivity index (χ3n) is 2.41. The molecule has 1 saturated heterocycles. The van der Waals surface area contributed by atoms with E-state index in [1.54, 1.807) is 0 Å². The average Bonchev–Trinajstić information content (AvgIpc) is 2.14. The zero-order chi connectivity index (χ0) is 10.9. The van der Waals surface area contributed by atoms with Gasteiger partial charge in [0.05, 0.1) is 17.5 Å². The van der Waals surface area contributed by atoms with Gasteiger partial charge in [0.1, 0.15) is 0 Å². The minimum Gasteiger partial charge on any atom is -0.378 e. The molecular formula is C12H15BrOS. The molecule has 15 heavy (non-hydrogen) atoms. The minimum atomic E-state index is 0.0774. The molecule has 1 aromatic rings. The van der Waals surface area contributed by atoms with Crippen LogP contribution < -0.4 is 0 Å². The second-order valence-corrected chi connectivity index (χ2v) is 7.32. The molecule has 0 radical (unpaired) electrons. The summed E-state index contributed by atoms with van der Waals surface area (Å²) in [7, 11) is 0. The van der Waals surface area contributed by atoms with Crippen molar-refractivity contribution in [1.82, 2.24) is 0 Å². The summed E-state index contributed by atoms with van der Waals surface area (Å²) in [6.45, 7) is 5.99. The molecule has 0 unspecified atom stereocenters. The molecular weight excluding hydrogens is 272 g/mol. The largest absolute Gasteiger partial charge is 0.378 e. The lowest BCUT2D eigenvalue weighted by Crippen LogP contribution is -2.40. The molecule has 1 aliphatic heterocycles. The number of halogens is 1. The van der Waals surface area contributed by atoms with Gasteiger partial charge in [-0.1, -0.05) is 41.9 Å². The van der Waals surface area contributed by atoms with E-state index in [0.29, 0.717) is 5.25 Å². The number of hydrogen-bond donors (Lipinski definition) is 0. The lowest BCUT2D eigenvalue weighted by molar-refractivity contribution is -0.00700. The van der Waals surface area contributed by atoms with Gasteiger partial charge in [0.2, 0.25) is 0 Å². The van der Waals surface area contributed by atoms with Crippen LogP contribution in [0.25, 0.3) is 0 Å². The van der Waals surface area contributed by atoms with Crippen LogP contribution in [0.4, 0.5) is 0 Å². The molecule has 1 fully saturated rings. The van der Waals surface area contributed by atoms with E-state index in [-0.39, 0.29) is 4.32 Å². The monoisotopic (exact) mass is 286 g/mol. The third-order valence-corrected chi connectivity index (χ3v) is 4.34. The summed E-state index contributed by atoms with van der Waals surface area (Å²) in [6.07, 6.45) is 0. The fraction of sp³-hybridized carbons (Fsp3) is 0.500. The molecule has 0 amide bonds. The van der Waals surface area contributed by atoms with Crippen molar-refractivity contribution >= 4 is 27.7 Å². The van der Waals surface area contributed by atoms with Gasteiger partial charge in [-0.15, -0.1) is 11.8 Å². The smallest absolute Gasteiger partial charge is 0.0971 e. The SMILES string of the molecule is CC(C)Sc1ccc(C2(Br)COC2)cc1. The summed E-state index contributed by atoms with van der Waals surface area (Å²) in [6, 6.07) is 8.78. The van der Waals surface area contributed by atoms with Crippen LogP contribution in [0.15, 0.2) is 29.2 Å². The topological polar surface area (TPSA) is 9.23 Å². The van der Waals surface area contributed by atoms with E-state index in [1.165, 1.54) is 10.5 Å². The van der Waals surface area contributed by atoms with E-state index < -0.39 is 0 Å².